The summed E-state index contributed by atoms with van der Waals surface area (Å²) >= 11 is 3.47. The van der Waals surface area contributed by atoms with Gasteiger partial charge >= 0.3 is 0 Å². The maximum atomic E-state index is 12.6. The van der Waals surface area contributed by atoms with Gasteiger partial charge in [-0.1, -0.05) is 18.2 Å². The lowest BCUT2D eigenvalue weighted by Gasteiger charge is -2.34. The van der Waals surface area contributed by atoms with Gasteiger partial charge in [0.2, 0.25) is 5.91 Å². The summed E-state index contributed by atoms with van der Waals surface area (Å²) in [6.07, 6.45) is 1.17. The standard InChI is InChI=1S/C21H24BrN3O4/c1-29-20-7-5-16(14-19(20)22)6-8-21(26)24-11-9-23(10-12-24)15-17-3-2-4-18(13-17)25(27)28/h2-5,7,13-14H,6,8-12,15H2,1H3. The molecule has 0 unspecified atom stereocenters. The van der Waals surface area contributed by atoms with Gasteiger partial charge in [-0.25, -0.2) is 0 Å². The largest absolute Gasteiger partial charge is 0.496 e. The lowest BCUT2D eigenvalue weighted by Crippen LogP contribution is -2.48. The number of carbonyl (C=O) groups excluding carboxylic acids is 1. The van der Waals surface area contributed by atoms with Gasteiger partial charge < -0.3 is 9.64 Å². The Morgan fingerprint density at radius 2 is 1.90 bits per heavy atom. The molecule has 2 aromatic carbocycles. The molecule has 0 aliphatic carbocycles. The third kappa shape index (κ3) is 5.77. The summed E-state index contributed by atoms with van der Waals surface area (Å²) in [5.74, 6) is 0.937. The van der Waals surface area contributed by atoms with Crippen LogP contribution in [0.15, 0.2) is 46.9 Å². The molecule has 7 nitrogen and oxygen atoms in total. The molecular formula is C21H24BrN3O4. The molecule has 0 aromatic heterocycles. The Morgan fingerprint density at radius 3 is 2.55 bits per heavy atom. The highest BCUT2D eigenvalue weighted by atomic mass is 79.9. The summed E-state index contributed by atoms with van der Waals surface area (Å²) in [6, 6.07) is 12.6. The number of ether oxygens (including phenoxy) is 1. The first kappa shape index (κ1) is 21.3. The normalized spacial score (nSPS) is 14.6. The summed E-state index contributed by atoms with van der Waals surface area (Å²) in [5, 5.41) is 10.9. The van der Waals surface area contributed by atoms with Crippen LogP contribution >= 0.6 is 15.9 Å². The maximum Gasteiger partial charge on any atom is 0.269 e. The molecule has 3 rings (SSSR count). The molecule has 1 aliphatic heterocycles. The Bertz CT molecular complexity index is 882. The van der Waals surface area contributed by atoms with Crippen LogP contribution in [0, 0.1) is 10.1 Å². The van der Waals surface area contributed by atoms with Crippen molar-refractivity contribution in [2.75, 3.05) is 33.3 Å². The highest BCUT2D eigenvalue weighted by molar-refractivity contribution is 9.10. The molecule has 1 amide bonds. The number of methoxy groups -OCH3 is 1. The van der Waals surface area contributed by atoms with E-state index in [1.165, 1.54) is 6.07 Å². The van der Waals surface area contributed by atoms with Gasteiger partial charge in [0.25, 0.3) is 5.69 Å². The lowest BCUT2D eigenvalue weighted by molar-refractivity contribution is -0.384. The fourth-order valence-corrected chi connectivity index (χ4v) is 4.04. The van der Waals surface area contributed by atoms with E-state index in [0.717, 1.165) is 34.4 Å². The van der Waals surface area contributed by atoms with Crippen molar-refractivity contribution in [3.05, 3.63) is 68.2 Å². The van der Waals surface area contributed by atoms with E-state index in [9.17, 15) is 14.9 Å². The highest BCUT2D eigenvalue weighted by Crippen LogP contribution is 2.26. The average molecular weight is 462 g/mol. The Morgan fingerprint density at radius 1 is 1.14 bits per heavy atom. The van der Waals surface area contributed by atoms with Crippen LogP contribution in [0.5, 0.6) is 5.75 Å². The zero-order valence-electron chi connectivity index (χ0n) is 16.3. The Labute approximate surface area is 178 Å². The molecule has 0 radical (unpaired) electrons. The molecule has 154 valence electrons. The number of piperazine rings is 1. The molecule has 8 heteroatoms. The molecule has 0 atom stereocenters. The van der Waals surface area contributed by atoms with Gasteiger partial charge in [0.1, 0.15) is 5.75 Å². The van der Waals surface area contributed by atoms with Crippen molar-refractivity contribution in [1.82, 2.24) is 9.80 Å². The molecule has 1 aliphatic rings. The highest BCUT2D eigenvalue weighted by Gasteiger charge is 2.21. The van der Waals surface area contributed by atoms with Crippen molar-refractivity contribution in [3.63, 3.8) is 0 Å². The maximum absolute atomic E-state index is 12.6. The number of carbonyl (C=O) groups is 1. The van der Waals surface area contributed by atoms with Crippen molar-refractivity contribution < 1.29 is 14.5 Å². The number of hydrogen-bond donors (Lipinski definition) is 0. The second-order valence-electron chi connectivity index (χ2n) is 7.05. The van der Waals surface area contributed by atoms with Crippen LogP contribution in [-0.2, 0) is 17.8 Å². The molecule has 2 aromatic rings. The second kappa shape index (κ2) is 9.84. The Hall–Kier alpha value is -2.45. The van der Waals surface area contributed by atoms with Crippen LogP contribution in [0.1, 0.15) is 17.5 Å². The molecule has 1 heterocycles. The van der Waals surface area contributed by atoms with Gasteiger partial charge in [-0.05, 0) is 45.6 Å². The summed E-state index contributed by atoms with van der Waals surface area (Å²) in [5.41, 5.74) is 2.13. The van der Waals surface area contributed by atoms with Gasteiger partial charge in [-0.15, -0.1) is 0 Å². The minimum Gasteiger partial charge on any atom is -0.496 e. The summed E-state index contributed by atoms with van der Waals surface area (Å²) in [4.78, 5) is 27.2. The van der Waals surface area contributed by atoms with Gasteiger partial charge in [0.05, 0.1) is 16.5 Å². The first-order valence-electron chi connectivity index (χ1n) is 9.52. The lowest BCUT2D eigenvalue weighted by atomic mass is 10.1. The van der Waals surface area contributed by atoms with E-state index in [4.69, 9.17) is 4.74 Å². The number of amides is 1. The minimum absolute atomic E-state index is 0.112. The van der Waals surface area contributed by atoms with E-state index in [1.54, 1.807) is 19.2 Å². The van der Waals surface area contributed by atoms with E-state index in [0.29, 0.717) is 32.5 Å². The third-order valence-electron chi connectivity index (χ3n) is 5.10. The number of halogens is 1. The molecule has 1 fully saturated rings. The number of rotatable bonds is 7. The number of hydrogen-bond acceptors (Lipinski definition) is 5. The molecular weight excluding hydrogens is 438 g/mol. The van der Waals surface area contributed by atoms with Gasteiger partial charge in [-0.3, -0.25) is 19.8 Å². The second-order valence-corrected chi connectivity index (χ2v) is 7.91. The quantitative estimate of drug-likeness (QED) is 0.464. The van der Waals surface area contributed by atoms with E-state index in [-0.39, 0.29) is 16.5 Å². The van der Waals surface area contributed by atoms with Crippen LogP contribution in [0.4, 0.5) is 5.69 Å². The fraction of sp³-hybridized carbons (Fsp3) is 0.381. The van der Waals surface area contributed by atoms with E-state index in [1.807, 2.05) is 29.2 Å². The summed E-state index contributed by atoms with van der Waals surface area (Å²) in [6.45, 7) is 3.55. The van der Waals surface area contributed by atoms with E-state index < -0.39 is 0 Å². The number of non-ortho nitro benzene ring substituents is 1. The SMILES string of the molecule is COc1ccc(CCC(=O)N2CCN(Cc3cccc([N+](=O)[O-])c3)CC2)cc1Br. The van der Waals surface area contributed by atoms with E-state index >= 15 is 0 Å². The van der Waals surface area contributed by atoms with E-state index in [2.05, 4.69) is 20.8 Å². The number of nitrogens with zero attached hydrogens (tertiary/aromatic N) is 3. The molecule has 0 saturated carbocycles. The number of aryl methyl sites for hydroxylation is 1. The van der Waals surface area contributed by atoms with Crippen molar-refractivity contribution in [3.8, 4) is 5.75 Å². The molecule has 1 saturated heterocycles. The minimum atomic E-state index is -0.374. The van der Waals surface area contributed by atoms with Gasteiger partial charge in [-0.2, -0.15) is 0 Å². The molecule has 29 heavy (non-hydrogen) atoms. The van der Waals surface area contributed by atoms with Crippen LogP contribution in [0.25, 0.3) is 0 Å². The van der Waals surface area contributed by atoms with Crippen molar-refractivity contribution in [2.24, 2.45) is 0 Å². The number of benzene rings is 2. The van der Waals surface area contributed by atoms with Gasteiger partial charge in [0.15, 0.2) is 0 Å². The van der Waals surface area contributed by atoms with Crippen molar-refractivity contribution >= 4 is 27.5 Å². The fourth-order valence-electron chi connectivity index (χ4n) is 3.46. The number of nitro groups is 1. The van der Waals surface area contributed by atoms with Crippen LogP contribution in [0.2, 0.25) is 0 Å². The van der Waals surface area contributed by atoms with Crippen LogP contribution in [-0.4, -0.2) is 53.9 Å². The zero-order valence-corrected chi connectivity index (χ0v) is 17.9. The third-order valence-corrected chi connectivity index (χ3v) is 5.72. The van der Waals surface area contributed by atoms with Crippen molar-refractivity contribution in [1.29, 1.82) is 0 Å². The zero-order chi connectivity index (χ0) is 20.8. The monoisotopic (exact) mass is 461 g/mol. The molecule has 0 bridgehead atoms. The topological polar surface area (TPSA) is 75.9 Å². The predicted molar refractivity (Wildman–Crippen MR) is 114 cm³/mol. The smallest absolute Gasteiger partial charge is 0.269 e. The Balaban J connectivity index is 1.46. The first-order chi connectivity index (χ1) is 14.0. The summed E-state index contributed by atoms with van der Waals surface area (Å²) in [7, 11) is 1.63. The van der Waals surface area contributed by atoms with Crippen molar-refractivity contribution in [2.45, 2.75) is 19.4 Å². The average Bonchev–Trinajstić information content (AvgIpc) is 2.73. The number of nitro benzene ring substituents is 1. The van der Waals surface area contributed by atoms with Gasteiger partial charge in [0, 0.05) is 51.3 Å². The Kier molecular flexibility index (Phi) is 7.22. The van der Waals surface area contributed by atoms with Crippen LogP contribution in [0.3, 0.4) is 0 Å². The molecule has 0 spiro atoms. The molecule has 0 N–H and O–H groups in total. The predicted octanol–water partition coefficient (Wildman–Crippen LogP) is 3.64. The van der Waals surface area contributed by atoms with Crippen LogP contribution < -0.4 is 4.74 Å². The first-order valence-corrected chi connectivity index (χ1v) is 10.3. The summed E-state index contributed by atoms with van der Waals surface area (Å²) < 4.78 is 6.12.